The van der Waals surface area contributed by atoms with Gasteiger partial charge in [0, 0.05) is 19.1 Å². The minimum Gasteiger partial charge on any atom is -0.300 e. The molecule has 1 saturated heterocycles. The molecule has 14 heavy (non-hydrogen) atoms. The molecule has 0 unspecified atom stereocenters. The monoisotopic (exact) mass is 197 g/mol. The highest BCUT2D eigenvalue weighted by molar-refractivity contribution is 4.92. The fourth-order valence-corrected chi connectivity index (χ4v) is 2.44. The molecule has 1 aliphatic heterocycles. The van der Waals surface area contributed by atoms with E-state index in [2.05, 4.69) is 32.6 Å². The SMILES string of the molecule is CCCCCCC1(C)CN(C(C)C)C1. The van der Waals surface area contributed by atoms with Gasteiger partial charge < -0.3 is 0 Å². The fourth-order valence-electron chi connectivity index (χ4n) is 2.44. The van der Waals surface area contributed by atoms with Gasteiger partial charge in [0.05, 0.1) is 0 Å². The molecule has 0 bridgehead atoms. The van der Waals surface area contributed by atoms with Crippen LogP contribution in [-0.2, 0) is 0 Å². The highest BCUT2D eigenvalue weighted by atomic mass is 15.2. The highest BCUT2D eigenvalue weighted by Gasteiger charge is 2.38. The van der Waals surface area contributed by atoms with Crippen LogP contribution in [0.3, 0.4) is 0 Å². The lowest BCUT2D eigenvalue weighted by molar-refractivity contribution is -0.0156. The second-order valence-corrected chi connectivity index (χ2v) is 5.62. The Labute approximate surface area is 89.9 Å². The fraction of sp³-hybridized carbons (Fsp3) is 1.00. The normalized spacial score (nSPS) is 21.2. The van der Waals surface area contributed by atoms with Crippen LogP contribution in [0, 0.1) is 5.41 Å². The summed E-state index contributed by atoms with van der Waals surface area (Å²) in [4.78, 5) is 2.58. The van der Waals surface area contributed by atoms with E-state index in [1.54, 1.807) is 0 Å². The summed E-state index contributed by atoms with van der Waals surface area (Å²) < 4.78 is 0. The molecule has 0 atom stereocenters. The second-order valence-electron chi connectivity index (χ2n) is 5.62. The minimum atomic E-state index is 0.651. The first kappa shape index (κ1) is 12.0. The zero-order valence-corrected chi connectivity index (χ0v) is 10.5. The summed E-state index contributed by atoms with van der Waals surface area (Å²) in [6, 6.07) is 0.749. The van der Waals surface area contributed by atoms with E-state index in [1.165, 1.54) is 45.2 Å². The van der Waals surface area contributed by atoms with Crippen molar-refractivity contribution in [3.63, 3.8) is 0 Å². The number of hydrogen-bond acceptors (Lipinski definition) is 1. The van der Waals surface area contributed by atoms with Gasteiger partial charge in [0.15, 0.2) is 0 Å². The molecule has 0 aliphatic carbocycles. The Morgan fingerprint density at radius 1 is 1.14 bits per heavy atom. The van der Waals surface area contributed by atoms with Crippen molar-refractivity contribution in [1.29, 1.82) is 0 Å². The Bertz CT molecular complexity index is 157. The van der Waals surface area contributed by atoms with Gasteiger partial charge in [-0.15, -0.1) is 0 Å². The van der Waals surface area contributed by atoms with Crippen molar-refractivity contribution in [3.05, 3.63) is 0 Å². The van der Waals surface area contributed by atoms with Gasteiger partial charge >= 0.3 is 0 Å². The molecule has 1 aliphatic rings. The molecule has 1 nitrogen and oxygen atoms in total. The highest BCUT2D eigenvalue weighted by Crippen LogP contribution is 2.36. The van der Waals surface area contributed by atoms with Crippen LogP contribution in [0.5, 0.6) is 0 Å². The van der Waals surface area contributed by atoms with Crippen molar-refractivity contribution in [2.45, 2.75) is 65.8 Å². The van der Waals surface area contributed by atoms with Crippen LogP contribution in [0.4, 0.5) is 0 Å². The molecule has 1 fully saturated rings. The number of unbranched alkanes of at least 4 members (excludes halogenated alkanes) is 3. The van der Waals surface area contributed by atoms with Crippen LogP contribution >= 0.6 is 0 Å². The van der Waals surface area contributed by atoms with Crippen LogP contribution in [0.25, 0.3) is 0 Å². The molecule has 0 aromatic carbocycles. The van der Waals surface area contributed by atoms with Crippen LogP contribution < -0.4 is 0 Å². The maximum absolute atomic E-state index is 2.58. The average molecular weight is 197 g/mol. The van der Waals surface area contributed by atoms with Crippen LogP contribution in [0.2, 0.25) is 0 Å². The standard InChI is InChI=1S/C13H27N/c1-5-6-7-8-9-13(4)10-14(11-13)12(2)3/h12H,5-11H2,1-4H3. The zero-order valence-electron chi connectivity index (χ0n) is 10.5. The molecular formula is C13H27N. The smallest absolute Gasteiger partial charge is 0.00505 e. The van der Waals surface area contributed by atoms with E-state index in [0.29, 0.717) is 5.41 Å². The zero-order chi connectivity index (χ0) is 10.6. The lowest BCUT2D eigenvalue weighted by Crippen LogP contribution is -2.57. The topological polar surface area (TPSA) is 3.24 Å². The maximum Gasteiger partial charge on any atom is 0.00505 e. The summed E-state index contributed by atoms with van der Waals surface area (Å²) in [5.74, 6) is 0. The Hall–Kier alpha value is -0.0400. The van der Waals surface area contributed by atoms with E-state index in [-0.39, 0.29) is 0 Å². The Morgan fingerprint density at radius 3 is 2.29 bits per heavy atom. The maximum atomic E-state index is 2.58. The summed E-state index contributed by atoms with van der Waals surface area (Å²) in [5.41, 5.74) is 0.651. The number of rotatable bonds is 6. The van der Waals surface area contributed by atoms with Crippen molar-refractivity contribution >= 4 is 0 Å². The quantitative estimate of drug-likeness (QED) is 0.587. The summed E-state index contributed by atoms with van der Waals surface area (Å²) in [7, 11) is 0. The van der Waals surface area contributed by atoms with Crippen molar-refractivity contribution in [2.75, 3.05) is 13.1 Å². The molecule has 0 amide bonds. The van der Waals surface area contributed by atoms with E-state index in [4.69, 9.17) is 0 Å². The average Bonchev–Trinajstić information content (AvgIpc) is 2.08. The molecule has 0 saturated carbocycles. The predicted molar refractivity (Wildman–Crippen MR) is 63.6 cm³/mol. The minimum absolute atomic E-state index is 0.651. The van der Waals surface area contributed by atoms with E-state index in [1.807, 2.05) is 0 Å². The van der Waals surface area contributed by atoms with Crippen LogP contribution in [-0.4, -0.2) is 24.0 Å². The number of nitrogens with zero attached hydrogens (tertiary/aromatic N) is 1. The lowest BCUT2D eigenvalue weighted by Gasteiger charge is -2.50. The van der Waals surface area contributed by atoms with Gasteiger partial charge in [-0.3, -0.25) is 4.90 Å². The molecule has 0 N–H and O–H groups in total. The summed E-state index contributed by atoms with van der Waals surface area (Å²) >= 11 is 0. The number of likely N-dealkylation sites (tertiary alicyclic amines) is 1. The molecule has 1 heteroatoms. The van der Waals surface area contributed by atoms with Crippen molar-refractivity contribution in [3.8, 4) is 0 Å². The molecule has 1 rings (SSSR count). The van der Waals surface area contributed by atoms with Crippen molar-refractivity contribution < 1.29 is 0 Å². The van der Waals surface area contributed by atoms with Crippen LogP contribution in [0.1, 0.15) is 59.8 Å². The third-order valence-corrected chi connectivity index (χ3v) is 3.53. The van der Waals surface area contributed by atoms with Crippen molar-refractivity contribution in [1.82, 2.24) is 4.90 Å². The van der Waals surface area contributed by atoms with Crippen LogP contribution in [0.15, 0.2) is 0 Å². The van der Waals surface area contributed by atoms with E-state index in [9.17, 15) is 0 Å². The van der Waals surface area contributed by atoms with Gasteiger partial charge in [-0.1, -0.05) is 39.5 Å². The van der Waals surface area contributed by atoms with Gasteiger partial charge in [-0.25, -0.2) is 0 Å². The first-order valence-corrected chi connectivity index (χ1v) is 6.31. The molecule has 0 radical (unpaired) electrons. The van der Waals surface area contributed by atoms with E-state index < -0.39 is 0 Å². The van der Waals surface area contributed by atoms with Gasteiger partial charge in [-0.2, -0.15) is 0 Å². The largest absolute Gasteiger partial charge is 0.300 e. The molecule has 0 aromatic rings. The third-order valence-electron chi connectivity index (χ3n) is 3.53. The summed E-state index contributed by atoms with van der Waals surface area (Å²) in [5, 5.41) is 0. The third kappa shape index (κ3) is 3.27. The molecule has 0 spiro atoms. The Balaban J connectivity index is 2.08. The van der Waals surface area contributed by atoms with Gasteiger partial charge in [0.1, 0.15) is 0 Å². The second kappa shape index (κ2) is 5.16. The molecule has 1 heterocycles. The van der Waals surface area contributed by atoms with Gasteiger partial charge in [-0.05, 0) is 25.7 Å². The molecule has 84 valence electrons. The Morgan fingerprint density at radius 2 is 1.79 bits per heavy atom. The van der Waals surface area contributed by atoms with Gasteiger partial charge in [0.25, 0.3) is 0 Å². The van der Waals surface area contributed by atoms with Crippen molar-refractivity contribution in [2.24, 2.45) is 5.41 Å². The van der Waals surface area contributed by atoms with Gasteiger partial charge in [0.2, 0.25) is 0 Å². The molecule has 0 aromatic heterocycles. The molecular weight excluding hydrogens is 170 g/mol. The Kier molecular flexibility index (Phi) is 4.43. The predicted octanol–water partition coefficient (Wildman–Crippen LogP) is 3.69. The first-order chi connectivity index (χ1) is 6.57. The van der Waals surface area contributed by atoms with E-state index >= 15 is 0 Å². The first-order valence-electron chi connectivity index (χ1n) is 6.31. The number of hydrogen-bond donors (Lipinski definition) is 0. The summed E-state index contributed by atoms with van der Waals surface area (Å²) in [6.45, 7) is 12.0. The van der Waals surface area contributed by atoms with E-state index in [0.717, 1.165) is 6.04 Å². The summed E-state index contributed by atoms with van der Waals surface area (Å²) in [6.07, 6.45) is 7.10. The lowest BCUT2D eigenvalue weighted by atomic mass is 9.77.